The number of benzene rings is 1. The van der Waals surface area contributed by atoms with E-state index in [1.54, 1.807) is 16.4 Å². The lowest BCUT2D eigenvalue weighted by atomic mass is 10.0. The Morgan fingerprint density at radius 2 is 1.62 bits per heavy atom. The molecule has 0 amide bonds. The molecule has 2 unspecified atom stereocenters. The molecule has 1 N–H and O–H groups in total. The van der Waals surface area contributed by atoms with Crippen molar-refractivity contribution in [2.45, 2.75) is 68.5 Å². The maximum absolute atomic E-state index is 12.9. The summed E-state index contributed by atoms with van der Waals surface area (Å²) in [4.78, 5) is 0.375. The van der Waals surface area contributed by atoms with E-state index in [1.165, 1.54) is 0 Å². The lowest BCUT2D eigenvalue weighted by Crippen LogP contribution is -2.47. The topological polar surface area (TPSA) is 57.6 Å². The predicted octanol–water partition coefficient (Wildman–Crippen LogP) is 2.49. The quantitative estimate of drug-likeness (QED) is 0.933. The monoisotopic (exact) mass is 309 g/mol. The standard InChI is InChI=1S/C16H23NO3S/c1-11(2)12-3-7-16(8-4-12)21(19,20)17-13-5-6-14(17)10-15(18)9-13/h3-4,7-8,11,13-15,18H,5-6,9-10H2,1-2H3. The molecule has 2 aliphatic rings. The fourth-order valence-electron chi connectivity index (χ4n) is 3.64. The van der Waals surface area contributed by atoms with Crippen LogP contribution in [0.15, 0.2) is 29.2 Å². The summed E-state index contributed by atoms with van der Waals surface area (Å²) < 4.78 is 27.4. The highest BCUT2D eigenvalue weighted by molar-refractivity contribution is 7.89. The third-order valence-electron chi connectivity index (χ3n) is 4.76. The summed E-state index contributed by atoms with van der Waals surface area (Å²) in [5.41, 5.74) is 1.14. The van der Waals surface area contributed by atoms with Crippen molar-refractivity contribution in [3.8, 4) is 0 Å². The van der Waals surface area contributed by atoms with Gasteiger partial charge in [-0.15, -0.1) is 0 Å². The van der Waals surface area contributed by atoms with Gasteiger partial charge in [-0.2, -0.15) is 4.31 Å². The molecule has 2 atom stereocenters. The summed E-state index contributed by atoms with van der Waals surface area (Å²) in [7, 11) is -3.44. The van der Waals surface area contributed by atoms with E-state index < -0.39 is 10.0 Å². The zero-order chi connectivity index (χ0) is 15.2. The Morgan fingerprint density at radius 3 is 2.10 bits per heavy atom. The minimum Gasteiger partial charge on any atom is -0.393 e. The summed E-state index contributed by atoms with van der Waals surface area (Å²) in [6.45, 7) is 4.19. The van der Waals surface area contributed by atoms with Gasteiger partial charge in [0.1, 0.15) is 0 Å². The predicted molar refractivity (Wildman–Crippen MR) is 81.6 cm³/mol. The van der Waals surface area contributed by atoms with Crippen molar-refractivity contribution in [3.05, 3.63) is 29.8 Å². The number of aliphatic hydroxyl groups is 1. The molecule has 0 aromatic heterocycles. The average Bonchev–Trinajstić information content (AvgIpc) is 2.72. The second kappa shape index (κ2) is 5.38. The van der Waals surface area contributed by atoms with E-state index in [0.29, 0.717) is 23.7 Å². The lowest BCUT2D eigenvalue weighted by molar-refractivity contribution is 0.0769. The van der Waals surface area contributed by atoms with Crippen molar-refractivity contribution in [3.63, 3.8) is 0 Å². The Hall–Kier alpha value is -0.910. The second-order valence-corrected chi connectivity index (χ2v) is 8.41. The molecule has 2 fully saturated rings. The van der Waals surface area contributed by atoms with E-state index in [2.05, 4.69) is 13.8 Å². The third-order valence-corrected chi connectivity index (χ3v) is 6.78. The highest BCUT2D eigenvalue weighted by Gasteiger charge is 2.46. The van der Waals surface area contributed by atoms with Gasteiger partial charge in [0.15, 0.2) is 0 Å². The van der Waals surface area contributed by atoms with Gasteiger partial charge in [-0.1, -0.05) is 26.0 Å². The van der Waals surface area contributed by atoms with E-state index in [4.69, 9.17) is 0 Å². The Morgan fingerprint density at radius 1 is 1.10 bits per heavy atom. The molecule has 116 valence electrons. The van der Waals surface area contributed by atoms with E-state index in [0.717, 1.165) is 18.4 Å². The SMILES string of the molecule is CC(C)c1ccc(S(=O)(=O)N2C3CCC2CC(O)C3)cc1. The van der Waals surface area contributed by atoms with Crippen LogP contribution in [0, 0.1) is 0 Å². The fraction of sp³-hybridized carbons (Fsp3) is 0.625. The number of fused-ring (bicyclic) bond motifs is 2. The van der Waals surface area contributed by atoms with Gasteiger partial charge >= 0.3 is 0 Å². The van der Waals surface area contributed by atoms with Crippen molar-refractivity contribution in [2.75, 3.05) is 0 Å². The van der Waals surface area contributed by atoms with E-state index in [-0.39, 0.29) is 18.2 Å². The molecule has 0 saturated carbocycles. The molecule has 21 heavy (non-hydrogen) atoms. The van der Waals surface area contributed by atoms with Crippen LogP contribution in [0.5, 0.6) is 0 Å². The molecule has 0 radical (unpaired) electrons. The van der Waals surface area contributed by atoms with Crippen molar-refractivity contribution in [1.29, 1.82) is 0 Å². The first-order chi connectivity index (χ1) is 9.89. The number of rotatable bonds is 3. The van der Waals surface area contributed by atoms with E-state index >= 15 is 0 Å². The smallest absolute Gasteiger partial charge is 0.243 e. The summed E-state index contributed by atoms with van der Waals surface area (Å²) in [6.07, 6.45) is 2.52. The molecule has 4 nitrogen and oxygen atoms in total. The molecular weight excluding hydrogens is 286 g/mol. The minimum absolute atomic E-state index is 0.0338. The molecular formula is C16H23NO3S. The third kappa shape index (κ3) is 2.62. The van der Waals surface area contributed by atoms with Crippen LogP contribution >= 0.6 is 0 Å². The second-order valence-electron chi connectivity index (χ2n) is 6.57. The first kappa shape index (κ1) is 15.0. The normalized spacial score (nSPS) is 30.0. The molecule has 1 aromatic rings. The van der Waals surface area contributed by atoms with Crippen molar-refractivity contribution < 1.29 is 13.5 Å². The molecule has 2 heterocycles. The van der Waals surface area contributed by atoms with Gasteiger partial charge in [0, 0.05) is 12.1 Å². The zero-order valence-corrected chi connectivity index (χ0v) is 13.4. The van der Waals surface area contributed by atoms with E-state index in [9.17, 15) is 13.5 Å². The molecule has 2 saturated heterocycles. The van der Waals surface area contributed by atoms with Gasteiger partial charge in [-0.05, 0) is 49.3 Å². The van der Waals surface area contributed by atoms with Crippen LogP contribution in [-0.4, -0.2) is 36.0 Å². The van der Waals surface area contributed by atoms with Crippen LogP contribution in [0.3, 0.4) is 0 Å². The Kier molecular flexibility index (Phi) is 3.84. The summed E-state index contributed by atoms with van der Waals surface area (Å²) in [6, 6.07) is 7.17. The Bertz CT molecular complexity index is 595. The van der Waals surface area contributed by atoms with Crippen LogP contribution in [-0.2, 0) is 10.0 Å². The number of hydrogen-bond donors (Lipinski definition) is 1. The highest BCUT2D eigenvalue weighted by Crippen LogP contribution is 2.39. The average molecular weight is 309 g/mol. The molecule has 2 aliphatic heterocycles. The maximum atomic E-state index is 12.9. The number of piperidine rings is 1. The van der Waals surface area contributed by atoms with Gasteiger partial charge < -0.3 is 5.11 Å². The van der Waals surface area contributed by atoms with Crippen molar-refractivity contribution >= 4 is 10.0 Å². The van der Waals surface area contributed by atoms with Gasteiger partial charge in [-0.25, -0.2) is 8.42 Å². The van der Waals surface area contributed by atoms with Crippen LogP contribution in [0.1, 0.15) is 51.0 Å². The van der Waals surface area contributed by atoms with Gasteiger partial charge in [0.25, 0.3) is 0 Å². The van der Waals surface area contributed by atoms with Crippen LogP contribution in [0.25, 0.3) is 0 Å². The van der Waals surface area contributed by atoms with E-state index in [1.807, 2.05) is 12.1 Å². The van der Waals surface area contributed by atoms with Gasteiger partial charge in [-0.3, -0.25) is 0 Å². The van der Waals surface area contributed by atoms with Crippen molar-refractivity contribution in [1.82, 2.24) is 4.31 Å². The number of sulfonamides is 1. The molecule has 1 aromatic carbocycles. The summed E-state index contributed by atoms with van der Waals surface area (Å²) in [5, 5.41) is 9.82. The lowest BCUT2D eigenvalue weighted by Gasteiger charge is -2.36. The number of hydrogen-bond acceptors (Lipinski definition) is 3. The molecule has 0 spiro atoms. The van der Waals surface area contributed by atoms with Crippen LogP contribution in [0.2, 0.25) is 0 Å². The number of aliphatic hydroxyl groups excluding tert-OH is 1. The molecule has 3 rings (SSSR count). The van der Waals surface area contributed by atoms with Gasteiger partial charge in [0.05, 0.1) is 11.0 Å². The summed E-state index contributed by atoms with van der Waals surface area (Å²) in [5.74, 6) is 0.392. The fourth-order valence-corrected chi connectivity index (χ4v) is 5.54. The van der Waals surface area contributed by atoms with Crippen LogP contribution in [0.4, 0.5) is 0 Å². The Balaban J connectivity index is 1.90. The first-order valence-electron chi connectivity index (χ1n) is 7.71. The van der Waals surface area contributed by atoms with Gasteiger partial charge in [0.2, 0.25) is 10.0 Å². The molecule has 2 bridgehead atoms. The zero-order valence-electron chi connectivity index (χ0n) is 12.6. The highest BCUT2D eigenvalue weighted by atomic mass is 32.2. The largest absolute Gasteiger partial charge is 0.393 e. The van der Waals surface area contributed by atoms with Crippen molar-refractivity contribution in [2.24, 2.45) is 0 Å². The van der Waals surface area contributed by atoms with Crippen LogP contribution < -0.4 is 0 Å². The summed E-state index contributed by atoms with van der Waals surface area (Å²) >= 11 is 0. The Labute approximate surface area is 126 Å². The molecule has 5 heteroatoms. The number of nitrogens with zero attached hydrogens (tertiary/aromatic N) is 1. The molecule has 0 aliphatic carbocycles. The first-order valence-corrected chi connectivity index (χ1v) is 9.15. The maximum Gasteiger partial charge on any atom is 0.243 e. The minimum atomic E-state index is -3.44.